The summed E-state index contributed by atoms with van der Waals surface area (Å²) >= 11 is 5.02. The SMILES string of the molecule is O=C(NC1CCN(c2c(F)cccc2F)C1=O)c1ccc[nH]c1=S. The van der Waals surface area contributed by atoms with Gasteiger partial charge >= 0.3 is 0 Å². The Morgan fingerprint density at radius 1 is 1.25 bits per heavy atom. The van der Waals surface area contributed by atoms with E-state index in [1.165, 1.54) is 12.1 Å². The van der Waals surface area contributed by atoms with E-state index in [0.29, 0.717) is 0 Å². The lowest BCUT2D eigenvalue weighted by Crippen LogP contribution is -2.42. The fourth-order valence-corrected chi connectivity index (χ4v) is 2.85. The van der Waals surface area contributed by atoms with E-state index < -0.39 is 35.2 Å². The van der Waals surface area contributed by atoms with E-state index in [1.54, 1.807) is 12.3 Å². The molecule has 0 spiro atoms. The Hall–Kier alpha value is -2.61. The van der Waals surface area contributed by atoms with Gasteiger partial charge in [-0.15, -0.1) is 0 Å². The molecular weight excluding hydrogens is 336 g/mol. The van der Waals surface area contributed by atoms with Crippen molar-refractivity contribution in [3.05, 3.63) is 58.4 Å². The smallest absolute Gasteiger partial charge is 0.254 e. The molecule has 1 aliphatic rings. The highest BCUT2D eigenvalue weighted by Gasteiger charge is 2.36. The van der Waals surface area contributed by atoms with Crippen molar-refractivity contribution in [2.75, 3.05) is 11.4 Å². The second-order valence-electron chi connectivity index (χ2n) is 5.29. The van der Waals surface area contributed by atoms with Crippen LogP contribution in [0.1, 0.15) is 16.8 Å². The molecule has 1 unspecified atom stereocenters. The first-order valence-corrected chi connectivity index (χ1v) is 7.64. The molecular formula is C16H13F2N3O2S. The largest absolute Gasteiger partial charge is 0.352 e. The second-order valence-corrected chi connectivity index (χ2v) is 5.70. The molecule has 24 heavy (non-hydrogen) atoms. The average molecular weight is 349 g/mol. The van der Waals surface area contributed by atoms with Gasteiger partial charge in [-0.2, -0.15) is 0 Å². The van der Waals surface area contributed by atoms with Gasteiger partial charge in [-0.05, 0) is 30.7 Å². The number of halogens is 2. The average Bonchev–Trinajstić information content (AvgIpc) is 2.89. The third-order valence-electron chi connectivity index (χ3n) is 3.78. The van der Waals surface area contributed by atoms with Crippen LogP contribution in [-0.2, 0) is 4.79 Å². The van der Waals surface area contributed by atoms with E-state index in [-0.39, 0.29) is 23.2 Å². The number of rotatable bonds is 3. The Kier molecular flexibility index (Phi) is 4.39. The van der Waals surface area contributed by atoms with Crippen molar-refractivity contribution >= 4 is 29.7 Å². The van der Waals surface area contributed by atoms with Gasteiger partial charge in [-0.3, -0.25) is 9.59 Å². The van der Waals surface area contributed by atoms with Gasteiger partial charge in [0.05, 0.1) is 5.56 Å². The maximum atomic E-state index is 13.8. The molecule has 1 saturated heterocycles. The van der Waals surface area contributed by atoms with Crippen LogP contribution < -0.4 is 10.2 Å². The summed E-state index contributed by atoms with van der Waals surface area (Å²) in [5, 5.41) is 2.56. The molecule has 0 saturated carbocycles. The van der Waals surface area contributed by atoms with E-state index in [0.717, 1.165) is 17.0 Å². The summed E-state index contributed by atoms with van der Waals surface area (Å²) in [7, 11) is 0. The molecule has 2 heterocycles. The number of nitrogens with zero attached hydrogens (tertiary/aromatic N) is 1. The number of hydrogen-bond donors (Lipinski definition) is 2. The predicted octanol–water partition coefficient (Wildman–Crippen LogP) is 2.56. The van der Waals surface area contributed by atoms with Gasteiger partial charge in [0, 0.05) is 12.7 Å². The number of aromatic nitrogens is 1. The zero-order chi connectivity index (χ0) is 17.3. The maximum absolute atomic E-state index is 13.8. The Balaban J connectivity index is 1.79. The fraction of sp³-hybridized carbons (Fsp3) is 0.188. The lowest BCUT2D eigenvalue weighted by Gasteiger charge is -2.18. The van der Waals surface area contributed by atoms with Gasteiger partial charge in [0.15, 0.2) is 0 Å². The summed E-state index contributed by atoms with van der Waals surface area (Å²) in [6.07, 6.45) is 1.84. The number of hydrogen-bond acceptors (Lipinski definition) is 3. The standard InChI is InChI=1S/C16H13F2N3O2S/c17-10-4-1-5-11(18)13(10)21-8-6-12(16(21)23)20-14(22)9-3-2-7-19-15(9)24/h1-5,7,12H,6,8H2,(H,19,24)(H,20,22). The summed E-state index contributed by atoms with van der Waals surface area (Å²) < 4.78 is 27.9. The van der Waals surface area contributed by atoms with Crippen LogP contribution in [0.25, 0.3) is 0 Å². The third kappa shape index (κ3) is 2.92. The molecule has 1 fully saturated rings. The van der Waals surface area contributed by atoms with Crippen molar-refractivity contribution < 1.29 is 18.4 Å². The summed E-state index contributed by atoms with van der Waals surface area (Å²) in [5.74, 6) is -2.70. The highest BCUT2D eigenvalue weighted by Crippen LogP contribution is 2.27. The molecule has 124 valence electrons. The number of H-pyrrole nitrogens is 1. The van der Waals surface area contributed by atoms with Crippen LogP contribution in [0.15, 0.2) is 36.5 Å². The molecule has 1 atom stereocenters. The molecule has 0 radical (unpaired) electrons. The minimum absolute atomic E-state index is 0.114. The Morgan fingerprint density at radius 3 is 2.62 bits per heavy atom. The number of aromatic amines is 1. The molecule has 3 rings (SSSR count). The number of para-hydroxylation sites is 1. The van der Waals surface area contributed by atoms with Crippen molar-refractivity contribution in [3.8, 4) is 0 Å². The van der Waals surface area contributed by atoms with Crippen LogP contribution in [0.5, 0.6) is 0 Å². The fourth-order valence-electron chi connectivity index (χ4n) is 2.62. The van der Waals surface area contributed by atoms with Crippen LogP contribution in [0, 0.1) is 16.3 Å². The quantitative estimate of drug-likeness (QED) is 0.837. The van der Waals surface area contributed by atoms with Crippen molar-refractivity contribution in [1.29, 1.82) is 0 Å². The van der Waals surface area contributed by atoms with E-state index >= 15 is 0 Å². The van der Waals surface area contributed by atoms with E-state index in [9.17, 15) is 18.4 Å². The Bertz CT molecular complexity index is 848. The molecule has 2 aromatic rings. The number of carbonyl (C=O) groups excluding carboxylic acids is 2. The van der Waals surface area contributed by atoms with Crippen LogP contribution in [0.2, 0.25) is 0 Å². The molecule has 1 aliphatic heterocycles. The molecule has 5 nitrogen and oxygen atoms in total. The van der Waals surface area contributed by atoms with Crippen LogP contribution >= 0.6 is 12.2 Å². The van der Waals surface area contributed by atoms with Crippen LogP contribution in [-0.4, -0.2) is 29.4 Å². The number of pyridine rings is 1. The molecule has 2 amide bonds. The van der Waals surface area contributed by atoms with Crippen molar-refractivity contribution in [3.63, 3.8) is 0 Å². The van der Waals surface area contributed by atoms with Crippen molar-refractivity contribution in [2.45, 2.75) is 12.5 Å². The minimum Gasteiger partial charge on any atom is -0.352 e. The predicted molar refractivity (Wildman–Crippen MR) is 86.2 cm³/mol. The van der Waals surface area contributed by atoms with Gasteiger partial charge in [0.2, 0.25) is 5.91 Å². The topological polar surface area (TPSA) is 65.2 Å². The van der Waals surface area contributed by atoms with Gasteiger partial charge in [-0.1, -0.05) is 18.3 Å². The summed E-state index contributed by atoms with van der Waals surface area (Å²) in [4.78, 5) is 28.4. The van der Waals surface area contributed by atoms with Crippen molar-refractivity contribution in [2.24, 2.45) is 0 Å². The first-order valence-electron chi connectivity index (χ1n) is 7.23. The zero-order valence-electron chi connectivity index (χ0n) is 12.4. The Morgan fingerprint density at radius 2 is 1.96 bits per heavy atom. The van der Waals surface area contributed by atoms with Gasteiger partial charge < -0.3 is 15.2 Å². The molecule has 1 aromatic heterocycles. The van der Waals surface area contributed by atoms with Crippen LogP contribution in [0.4, 0.5) is 14.5 Å². The molecule has 8 heteroatoms. The molecule has 0 aliphatic carbocycles. The third-order valence-corrected chi connectivity index (χ3v) is 4.12. The first-order chi connectivity index (χ1) is 11.5. The first kappa shape index (κ1) is 16.3. The van der Waals surface area contributed by atoms with Crippen molar-refractivity contribution in [1.82, 2.24) is 10.3 Å². The monoisotopic (exact) mass is 349 g/mol. The normalized spacial score (nSPS) is 17.2. The van der Waals surface area contributed by atoms with Crippen LogP contribution in [0.3, 0.4) is 0 Å². The zero-order valence-corrected chi connectivity index (χ0v) is 13.2. The summed E-state index contributed by atoms with van der Waals surface area (Å²) in [6.45, 7) is 0.114. The van der Waals surface area contributed by atoms with E-state index in [2.05, 4.69) is 10.3 Å². The van der Waals surface area contributed by atoms with Gasteiger partial charge in [0.1, 0.15) is 28.0 Å². The highest BCUT2D eigenvalue weighted by molar-refractivity contribution is 7.71. The van der Waals surface area contributed by atoms with E-state index in [1.807, 2.05) is 0 Å². The second kappa shape index (κ2) is 6.48. The number of benzene rings is 1. The van der Waals surface area contributed by atoms with Gasteiger partial charge in [-0.25, -0.2) is 8.78 Å². The number of amides is 2. The summed E-state index contributed by atoms with van der Waals surface area (Å²) in [5.41, 5.74) is -0.160. The molecule has 1 aromatic carbocycles. The maximum Gasteiger partial charge on any atom is 0.254 e. The lowest BCUT2D eigenvalue weighted by molar-refractivity contribution is -0.118. The van der Waals surface area contributed by atoms with E-state index in [4.69, 9.17) is 12.2 Å². The number of anilines is 1. The Labute approximate surface area is 141 Å². The minimum atomic E-state index is -0.855. The van der Waals surface area contributed by atoms with Gasteiger partial charge in [0.25, 0.3) is 5.91 Å². The molecule has 2 N–H and O–H groups in total. The molecule has 0 bridgehead atoms. The lowest BCUT2D eigenvalue weighted by atomic mass is 10.2. The summed E-state index contributed by atoms with van der Waals surface area (Å²) in [6, 6.07) is 5.68. The number of carbonyl (C=O) groups is 2. The highest BCUT2D eigenvalue weighted by atomic mass is 32.1. The number of nitrogens with one attached hydrogen (secondary N) is 2.